The van der Waals surface area contributed by atoms with Gasteiger partial charge < -0.3 is 9.63 Å². The maximum Gasteiger partial charge on any atom is 0.309 e. The number of likely N-dealkylation sites (tertiary alicyclic amines) is 1. The number of piperidine rings is 1. The SMILES string of the molecule is CCCC1(C(=O)O)CCN(Cc2ccc(-c3noc(-c4ccc(-c5ccccc5)c(Cl)c4)n3)cc2)CC1. The molecule has 0 aliphatic carbocycles. The summed E-state index contributed by atoms with van der Waals surface area (Å²) in [4.78, 5) is 18.8. The second kappa shape index (κ2) is 10.9. The van der Waals surface area contributed by atoms with E-state index in [1.165, 1.54) is 5.56 Å². The highest BCUT2D eigenvalue weighted by Gasteiger charge is 2.40. The normalized spacial score (nSPS) is 15.5. The lowest BCUT2D eigenvalue weighted by molar-refractivity contribution is -0.152. The molecule has 190 valence electrons. The molecule has 1 aliphatic rings. The Morgan fingerprint density at radius 1 is 1.00 bits per heavy atom. The van der Waals surface area contributed by atoms with Gasteiger partial charge >= 0.3 is 5.97 Å². The minimum Gasteiger partial charge on any atom is -0.481 e. The Balaban J connectivity index is 1.24. The molecule has 0 atom stereocenters. The summed E-state index contributed by atoms with van der Waals surface area (Å²) in [5.74, 6) is 0.295. The smallest absolute Gasteiger partial charge is 0.309 e. The van der Waals surface area contributed by atoms with Crippen LogP contribution in [0.4, 0.5) is 0 Å². The van der Waals surface area contributed by atoms with Crippen molar-refractivity contribution < 1.29 is 14.4 Å². The molecule has 1 fully saturated rings. The predicted molar refractivity (Wildman–Crippen MR) is 145 cm³/mol. The number of carboxylic acid groups (broad SMARTS) is 1. The maximum atomic E-state index is 11.8. The third-order valence-corrected chi connectivity index (χ3v) is 7.65. The molecule has 3 aromatic carbocycles. The van der Waals surface area contributed by atoms with Gasteiger partial charge in [-0.25, -0.2) is 0 Å². The molecule has 0 radical (unpaired) electrons. The van der Waals surface area contributed by atoms with Gasteiger partial charge in [0.1, 0.15) is 0 Å². The molecule has 2 heterocycles. The topological polar surface area (TPSA) is 79.5 Å². The van der Waals surface area contributed by atoms with Crippen molar-refractivity contribution >= 4 is 17.6 Å². The lowest BCUT2D eigenvalue weighted by Gasteiger charge is -2.38. The molecule has 4 aromatic rings. The molecule has 7 heteroatoms. The average Bonchev–Trinajstić information content (AvgIpc) is 3.41. The monoisotopic (exact) mass is 515 g/mol. The Morgan fingerprint density at radius 3 is 2.35 bits per heavy atom. The average molecular weight is 516 g/mol. The second-order valence-electron chi connectivity index (χ2n) is 9.79. The molecular formula is C30H30ClN3O3. The summed E-state index contributed by atoms with van der Waals surface area (Å²) in [5, 5.41) is 14.5. The Morgan fingerprint density at radius 2 is 1.70 bits per heavy atom. The molecule has 1 saturated heterocycles. The first-order valence-electron chi connectivity index (χ1n) is 12.7. The van der Waals surface area contributed by atoms with Crippen LogP contribution < -0.4 is 0 Å². The molecule has 0 spiro atoms. The van der Waals surface area contributed by atoms with Crippen LogP contribution in [0, 0.1) is 5.41 Å². The first-order chi connectivity index (χ1) is 18.0. The number of hydrogen-bond acceptors (Lipinski definition) is 5. The fraction of sp³-hybridized carbons (Fsp3) is 0.300. The number of aliphatic carboxylic acids is 1. The fourth-order valence-corrected chi connectivity index (χ4v) is 5.45. The van der Waals surface area contributed by atoms with Gasteiger partial charge in [0.15, 0.2) is 0 Å². The van der Waals surface area contributed by atoms with E-state index in [1.54, 1.807) is 0 Å². The van der Waals surface area contributed by atoms with Gasteiger partial charge in [0.25, 0.3) is 5.89 Å². The second-order valence-corrected chi connectivity index (χ2v) is 10.2. The maximum absolute atomic E-state index is 11.8. The van der Waals surface area contributed by atoms with E-state index in [0.717, 1.165) is 54.7 Å². The van der Waals surface area contributed by atoms with Gasteiger partial charge in [0.2, 0.25) is 5.82 Å². The summed E-state index contributed by atoms with van der Waals surface area (Å²) in [5.41, 5.74) is 4.26. The summed E-state index contributed by atoms with van der Waals surface area (Å²) in [6.07, 6.45) is 3.06. The molecule has 1 aromatic heterocycles. The van der Waals surface area contributed by atoms with E-state index in [-0.39, 0.29) is 0 Å². The highest BCUT2D eigenvalue weighted by Crippen LogP contribution is 2.37. The molecular weight excluding hydrogens is 486 g/mol. The molecule has 0 unspecified atom stereocenters. The molecule has 0 amide bonds. The van der Waals surface area contributed by atoms with Gasteiger partial charge in [-0.1, -0.05) is 90.8 Å². The highest BCUT2D eigenvalue weighted by molar-refractivity contribution is 6.33. The highest BCUT2D eigenvalue weighted by atomic mass is 35.5. The first kappa shape index (κ1) is 25.2. The van der Waals surface area contributed by atoms with Crippen molar-refractivity contribution in [2.45, 2.75) is 39.2 Å². The van der Waals surface area contributed by atoms with Gasteiger partial charge in [-0.15, -0.1) is 0 Å². The Bertz CT molecular complexity index is 1360. The fourth-order valence-electron chi connectivity index (χ4n) is 5.16. The Labute approximate surface area is 221 Å². The van der Waals surface area contributed by atoms with Crippen molar-refractivity contribution in [2.24, 2.45) is 5.41 Å². The van der Waals surface area contributed by atoms with E-state index < -0.39 is 11.4 Å². The number of hydrogen-bond donors (Lipinski definition) is 1. The first-order valence-corrected chi connectivity index (χ1v) is 13.1. The van der Waals surface area contributed by atoms with Gasteiger partial charge in [0.05, 0.1) is 5.41 Å². The summed E-state index contributed by atoms with van der Waals surface area (Å²) >= 11 is 6.56. The Kier molecular flexibility index (Phi) is 7.40. The molecule has 0 bridgehead atoms. The van der Waals surface area contributed by atoms with Crippen LogP contribution in [0.5, 0.6) is 0 Å². The number of benzene rings is 3. The lowest BCUT2D eigenvalue weighted by Crippen LogP contribution is -2.44. The minimum atomic E-state index is -0.646. The van der Waals surface area contributed by atoms with Gasteiger partial charge in [-0.2, -0.15) is 4.98 Å². The largest absolute Gasteiger partial charge is 0.481 e. The zero-order valence-corrected chi connectivity index (χ0v) is 21.6. The summed E-state index contributed by atoms with van der Waals surface area (Å²) < 4.78 is 5.54. The zero-order chi connectivity index (χ0) is 25.8. The number of carbonyl (C=O) groups is 1. The van der Waals surface area contributed by atoms with E-state index in [2.05, 4.69) is 34.1 Å². The summed E-state index contributed by atoms with van der Waals surface area (Å²) in [7, 11) is 0. The molecule has 1 N–H and O–H groups in total. The van der Waals surface area contributed by atoms with E-state index in [0.29, 0.717) is 29.6 Å². The van der Waals surface area contributed by atoms with Crippen LogP contribution in [0.15, 0.2) is 77.3 Å². The van der Waals surface area contributed by atoms with E-state index in [1.807, 2.05) is 60.7 Å². The van der Waals surface area contributed by atoms with E-state index >= 15 is 0 Å². The van der Waals surface area contributed by atoms with Crippen molar-refractivity contribution in [2.75, 3.05) is 13.1 Å². The number of carboxylic acids is 1. The van der Waals surface area contributed by atoms with Crippen LogP contribution in [0.25, 0.3) is 34.0 Å². The summed E-state index contributed by atoms with van der Waals surface area (Å²) in [6, 6.07) is 23.9. The van der Waals surface area contributed by atoms with Crippen LogP contribution in [0.3, 0.4) is 0 Å². The third-order valence-electron chi connectivity index (χ3n) is 7.34. The van der Waals surface area contributed by atoms with Crippen molar-refractivity contribution in [3.63, 3.8) is 0 Å². The number of rotatable bonds is 8. The van der Waals surface area contributed by atoms with Crippen molar-refractivity contribution in [1.82, 2.24) is 15.0 Å². The molecule has 6 nitrogen and oxygen atoms in total. The van der Waals surface area contributed by atoms with Crippen LogP contribution in [0.2, 0.25) is 5.02 Å². The van der Waals surface area contributed by atoms with Crippen LogP contribution >= 0.6 is 11.6 Å². The van der Waals surface area contributed by atoms with Gasteiger partial charge in [0, 0.05) is 28.3 Å². The van der Waals surface area contributed by atoms with E-state index in [9.17, 15) is 9.90 Å². The molecule has 0 saturated carbocycles. The van der Waals surface area contributed by atoms with Crippen LogP contribution in [-0.2, 0) is 11.3 Å². The number of nitrogens with zero attached hydrogens (tertiary/aromatic N) is 3. The van der Waals surface area contributed by atoms with Crippen LogP contribution in [-0.4, -0.2) is 39.2 Å². The minimum absolute atomic E-state index is 0.419. The quantitative estimate of drug-likeness (QED) is 0.267. The molecule has 5 rings (SSSR count). The lowest BCUT2D eigenvalue weighted by atomic mass is 9.75. The van der Waals surface area contributed by atoms with Gasteiger partial charge in [-0.05, 0) is 55.6 Å². The molecule has 1 aliphatic heterocycles. The molecule has 37 heavy (non-hydrogen) atoms. The van der Waals surface area contributed by atoms with Gasteiger partial charge in [-0.3, -0.25) is 9.69 Å². The standard InChI is InChI=1S/C30H30ClN3O3/c1-2-14-30(29(35)36)15-17-34(18-16-30)20-21-8-10-23(11-9-21)27-32-28(37-33-27)24-12-13-25(26(31)19-24)22-6-4-3-5-7-22/h3-13,19H,2,14-18,20H2,1H3,(H,35,36). The zero-order valence-electron chi connectivity index (χ0n) is 20.9. The predicted octanol–water partition coefficient (Wildman–Crippen LogP) is 7.19. The van der Waals surface area contributed by atoms with Crippen molar-refractivity contribution in [3.05, 3.63) is 83.4 Å². The number of halogens is 1. The van der Waals surface area contributed by atoms with Crippen LogP contribution in [0.1, 0.15) is 38.2 Å². The summed E-state index contributed by atoms with van der Waals surface area (Å²) in [6.45, 7) is 4.45. The third kappa shape index (κ3) is 5.45. The number of aromatic nitrogens is 2. The van der Waals surface area contributed by atoms with Crippen molar-refractivity contribution in [3.8, 4) is 34.0 Å². The van der Waals surface area contributed by atoms with Crippen molar-refractivity contribution in [1.29, 1.82) is 0 Å². The van der Waals surface area contributed by atoms with E-state index in [4.69, 9.17) is 16.1 Å². The Hall–Kier alpha value is -3.48.